The fourth-order valence-corrected chi connectivity index (χ4v) is 1.80. The van der Waals surface area contributed by atoms with E-state index in [4.69, 9.17) is 0 Å². The second-order valence-corrected chi connectivity index (χ2v) is 3.87. The maximum atomic E-state index is 13.3. The van der Waals surface area contributed by atoms with Gasteiger partial charge in [-0.1, -0.05) is 0 Å². The zero-order valence-electron chi connectivity index (χ0n) is 9.69. The first kappa shape index (κ1) is 17.1. The highest BCUT2D eigenvalue weighted by Gasteiger charge is 2.18. The highest BCUT2D eigenvalue weighted by Crippen LogP contribution is 2.07. The monoisotopic (exact) mass is 295 g/mol. The number of piperidine rings is 1. The third kappa shape index (κ3) is 4.40. The SMILES string of the molecule is Cl.Cl.O=C(NC1CCCNC1)c1ccncc1F. The molecule has 2 rings (SSSR count). The van der Waals surface area contributed by atoms with Crippen molar-refractivity contribution in [1.29, 1.82) is 0 Å². The lowest BCUT2D eigenvalue weighted by atomic mass is 10.1. The van der Waals surface area contributed by atoms with Gasteiger partial charge in [0.1, 0.15) is 0 Å². The number of amides is 1. The Morgan fingerprint density at radius 3 is 2.89 bits per heavy atom. The van der Waals surface area contributed by atoms with Crippen LogP contribution in [-0.4, -0.2) is 30.0 Å². The molecule has 1 amide bonds. The van der Waals surface area contributed by atoms with Crippen LogP contribution in [0.1, 0.15) is 23.2 Å². The first-order chi connectivity index (χ1) is 7.77. The van der Waals surface area contributed by atoms with E-state index in [1.165, 1.54) is 12.3 Å². The third-order valence-corrected chi connectivity index (χ3v) is 2.65. The first-order valence-corrected chi connectivity index (χ1v) is 5.38. The molecule has 2 N–H and O–H groups in total. The number of pyridine rings is 1. The molecule has 2 heterocycles. The van der Waals surface area contributed by atoms with Crippen LogP contribution in [-0.2, 0) is 0 Å². The van der Waals surface area contributed by atoms with E-state index in [1.54, 1.807) is 0 Å². The number of rotatable bonds is 2. The number of nitrogens with zero attached hydrogens (tertiary/aromatic N) is 1. The molecule has 1 aliphatic rings. The summed E-state index contributed by atoms with van der Waals surface area (Å²) in [6, 6.07) is 1.48. The molecule has 102 valence electrons. The number of carbonyl (C=O) groups is 1. The molecule has 0 aliphatic carbocycles. The van der Waals surface area contributed by atoms with Crippen LogP contribution in [0.25, 0.3) is 0 Å². The predicted molar refractivity (Wildman–Crippen MR) is 72.0 cm³/mol. The lowest BCUT2D eigenvalue weighted by Crippen LogP contribution is -2.45. The maximum Gasteiger partial charge on any atom is 0.254 e. The molecule has 1 aromatic rings. The molecule has 18 heavy (non-hydrogen) atoms. The Bertz CT molecular complexity index is 386. The molecule has 0 aromatic carbocycles. The Morgan fingerprint density at radius 1 is 1.50 bits per heavy atom. The Labute approximate surface area is 118 Å². The van der Waals surface area contributed by atoms with Crippen molar-refractivity contribution in [3.05, 3.63) is 29.8 Å². The summed E-state index contributed by atoms with van der Waals surface area (Å²) in [4.78, 5) is 15.3. The zero-order chi connectivity index (χ0) is 11.4. The Kier molecular flexibility index (Phi) is 7.82. The molecule has 1 aromatic heterocycles. The average molecular weight is 296 g/mol. The lowest BCUT2D eigenvalue weighted by molar-refractivity contribution is 0.0926. The third-order valence-electron chi connectivity index (χ3n) is 2.65. The van der Waals surface area contributed by atoms with E-state index in [-0.39, 0.29) is 42.3 Å². The van der Waals surface area contributed by atoms with Gasteiger partial charge in [0.2, 0.25) is 0 Å². The van der Waals surface area contributed by atoms with Gasteiger partial charge < -0.3 is 10.6 Å². The summed E-state index contributed by atoms with van der Waals surface area (Å²) in [6.07, 6.45) is 4.43. The van der Waals surface area contributed by atoms with Crippen molar-refractivity contribution in [3.8, 4) is 0 Å². The van der Waals surface area contributed by atoms with Gasteiger partial charge in [-0.25, -0.2) is 4.39 Å². The predicted octanol–water partition coefficient (Wildman–Crippen LogP) is 1.55. The number of carbonyl (C=O) groups excluding carboxylic acids is 1. The minimum atomic E-state index is -0.580. The van der Waals surface area contributed by atoms with Gasteiger partial charge in [-0.3, -0.25) is 9.78 Å². The van der Waals surface area contributed by atoms with Gasteiger partial charge in [0.25, 0.3) is 5.91 Å². The van der Waals surface area contributed by atoms with Crippen LogP contribution in [0, 0.1) is 5.82 Å². The molecule has 1 saturated heterocycles. The second kappa shape index (κ2) is 8.24. The summed E-state index contributed by atoms with van der Waals surface area (Å²) in [7, 11) is 0. The smallest absolute Gasteiger partial charge is 0.254 e. The standard InChI is InChI=1S/C11H14FN3O.2ClH/c12-10-7-14-5-3-9(10)11(16)15-8-2-1-4-13-6-8;;/h3,5,7-8,13H,1-2,4,6H2,(H,15,16);2*1H. The quantitative estimate of drug-likeness (QED) is 0.870. The largest absolute Gasteiger partial charge is 0.348 e. The van der Waals surface area contributed by atoms with Crippen LogP contribution in [0.4, 0.5) is 4.39 Å². The van der Waals surface area contributed by atoms with Gasteiger partial charge in [-0.15, -0.1) is 24.8 Å². The number of hydrogen-bond acceptors (Lipinski definition) is 3. The summed E-state index contributed by atoms with van der Waals surface area (Å²) in [6.45, 7) is 1.73. The molecule has 1 aliphatic heterocycles. The summed E-state index contributed by atoms with van der Waals surface area (Å²) < 4.78 is 13.3. The molecule has 0 radical (unpaired) electrons. The molecular weight excluding hydrogens is 280 g/mol. The van der Waals surface area contributed by atoms with Crippen LogP contribution in [0.3, 0.4) is 0 Å². The van der Waals surface area contributed by atoms with Crippen LogP contribution >= 0.6 is 24.8 Å². The van der Waals surface area contributed by atoms with Gasteiger partial charge in [0.05, 0.1) is 11.8 Å². The molecule has 7 heteroatoms. The Morgan fingerprint density at radius 2 is 2.28 bits per heavy atom. The van der Waals surface area contributed by atoms with E-state index in [0.29, 0.717) is 0 Å². The molecule has 1 unspecified atom stereocenters. The molecule has 1 atom stereocenters. The average Bonchev–Trinajstić information content (AvgIpc) is 2.31. The molecule has 1 fully saturated rings. The van der Waals surface area contributed by atoms with Crippen molar-refractivity contribution in [3.63, 3.8) is 0 Å². The minimum absolute atomic E-state index is 0. The summed E-state index contributed by atoms with van der Waals surface area (Å²) >= 11 is 0. The molecular formula is C11H16Cl2FN3O. The fraction of sp³-hybridized carbons (Fsp3) is 0.455. The topological polar surface area (TPSA) is 54.0 Å². The number of halogens is 3. The molecule has 4 nitrogen and oxygen atoms in total. The maximum absolute atomic E-state index is 13.3. The number of aromatic nitrogens is 1. The highest BCUT2D eigenvalue weighted by molar-refractivity contribution is 5.94. The van der Waals surface area contributed by atoms with E-state index in [0.717, 1.165) is 32.1 Å². The number of hydrogen-bond donors (Lipinski definition) is 2. The van der Waals surface area contributed by atoms with Crippen molar-refractivity contribution >= 4 is 30.7 Å². The highest BCUT2D eigenvalue weighted by atomic mass is 35.5. The van der Waals surface area contributed by atoms with E-state index in [2.05, 4.69) is 15.6 Å². The van der Waals surface area contributed by atoms with E-state index in [1.807, 2.05) is 0 Å². The molecule has 0 spiro atoms. The fourth-order valence-electron chi connectivity index (χ4n) is 1.80. The van der Waals surface area contributed by atoms with Crippen LogP contribution in [0.15, 0.2) is 18.5 Å². The van der Waals surface area contributed by atoms with Crippen LogP contribution < -0.4 is 10.6 Å². The van der Waals surface area contributed by atoms with Crippen LogP contribution in [0.5, 0.6) is 0 Å². The normalized spacial score (nSPS) is 18.2. The van der Waals surface area contributed by atoms with Crippen LogP contribution in [0.2, 0.25) is 0 Å². The minimum Gasteiger partial charge on any atom is -0.348 e. The summed E-state index contributed by atoms with van der Waals surface area (Å²) in [5, 5.41) is 5.99. The first-order valence-electron chi connectivity index (χ1n) is 5.38. The van der Waals surface area contributed by atoms with Crippen molar-refractivity contribution in [2.45, 2.75) is 18.9 Å². The van der Waals surface area contributed by atoms with E-state index < -0.39 is 5.82 Å². The van der Waals surface area contributed by atoms with E-state index in [9.17, 15) is 9.18 Å². The van der Waals surface area contributed by atoms with Crippen molar-refractivity contribution in [2.24, 2.45) is 0 Å². The lowest BCUT2D eigenvalue weighted by Gasteiger charge is -2.23. The second-order valence-electron chi connectivity index (χ2n) is 3.87. The Balaban J connectivity index is 0.00000144. The summed E-state index contributed by atoms with van der Waals surface area (Å²) in [5.41, 5.74) is 0.0561. The van der Waals surface area contributed by atoms with Gasteiger partial charge >= 0.3 is 0 Å². The van der Waals surface area contributed by atoms with Gasteiger partial charge in [-0.05, 0) is 25.5 Å². The van der Waals surface area contributed by atoms with E-state index >= 15 is 0 Å². The number of nitrogens with one attached hydrogen (secondary N) is 2. The summed E-state index contributed by atoms with van der Waals surface area (Å²) in [5.74, 6) is -0.947. The van der Waals surface area contributed by atoms with Crippen molar-refractivity contribution in [1.82, 2.24) is 15.6 Å². The Hall–Kier alpha value is -0.910. The van der Waals surface area contributed by atoms with Crippen molar-refractivity contribution in [2.75, 3.05) is 13.1 Å². The molecule has 0 saturated carbocycles. The van der Waals surface area contributed by atoms with Gasteiger partial charge in [0, 0.05) is 18.8 Å². The zero-order valence-corrected chi connectivity index (χ0v) is 11.3. The van der Waals surface area contributed by atoms with Crippen molar-refractivity contribution < 1.29 is 9.18 Å². The van der Waals surface area contributed by atoms with Gasteiger partial charge in [-0.2, -0.15) is 0 Å². The van der Waals surface area contributed by atoms with Gasteiger partial charge in [0.15, 0.2) is 5.82 Å². The molecule has 0 bridgehead atoms.